The van der Waals surface area contributed by atoms with E-state index in [1.807, 2.05) is 0 Å². The van der Waals surface area contributed by atoms with Crippen LogP contribution in [0.5, 0.6) is 11.5 Å². The molecular formula is C12H18ClNO3. The van der Waals surface area contributed by atoms with Gasteiger partial charge in [0, 0.05) is 19.3 Å². The van der Waals surface area contributed by atoms with Crippen LogP contribution in [-0.4, -0.2) is 23.4 Å². The number of halogens is 1. The molecule has 1 heterocycles. The highest BCUT2D eigenvalue weighted by atomic mass is 35.5. The number of hydrogen-bond acceptors (Lipinski definition) is 4. The minimum absolute atomic E-state index is 0. The number of aromatic hydroxyl groups is 2. The van der Waals surface area contributed by atoms with Gasteiger partial charge in [0.15, 0.2) is 11.5 Å². The summed E-state index contributed by atoms with van der Waals surface area (Å²) in [7, 11) is 0. The Balaban J connectivity index is 0.00000144. The zero-order chi connectivity index (χ0) is 11.5. The third-order valence-corrected chi connectivity index (χ3v) is 3.16. The number of phenolic OH excluding ortho intramolecular Hbond substituents is 2. The Morgan fingerprint density at radius 2 is 1.82 bits per heavy atom. The van der Waals surface area contributed by atoms with E-state index in [4.69, 9.17) is 10.5 Å². The molecule has 1 atom stereocenters. The van der Waals surface area contributed by atoms with Crippen LogP contribution in [0.3, 0.4) is 0 Å². The second kappa shape index (κ2) is 6.10. The summed E-state index contributed by atoms with van der Waals surface area (Å²) >= 11 is 0. The van der Waals surface area contributed by atoms with Crippen molar-refractivity contribution in [2.75, 3.05) is 13.2 Å². The predicted octanol–water partition coefficient (Wildman–Crippen LogP) is 1.95. The number of ether oxygens (including phenoxy) is 1. The van der Waals surface area contributed by atoms with Crippen LogP contribution in [0.4, 0.5) is 0 Å². The highest BCUT2D eigenvalue weighted by Crippen LogP contribution is 2.32. The molecule has 0 radical (unpaired) electrons. The van der Waals surface area contributed by atoms with Crippen LogP contribution in [0.25, 0.3) is 0 Å². The molecule has 2 rings (SSSR count). The number of phenols is 2. The summed E-state index contributed by atoms with van der Waals surface area (Å²) in [6.07, 6.45) is 1.89. The molecule has 1 aromatic carbocycles. The smallest absolute Gasteiger partial charge is 0.157 e. The number of hydrogen-bond donors (Lipinski definition) is 3. The largest absolute Gasteiger partial charge is 0.504 e. The zero-order valence-electron chi connectivity index (χ0n) is 9.50. The normalized spacial score (nSPS) is 18.4. The van der Waals surface area contributed by atoms with Crippen molar-refractivity contribution < 1.29 is 14.9 Å². The van der Waals surface area contributed by atoms with E-state index in [0.717, 1.165) is 31.6 Å². The lowest BCUT2D eigenvalue weighted by Gasteiger charge is -2.27. The average molecular weight is 260 g/mol. The molecule has 1 aliphatic heterocycles. The van der Waals surface area contributed by atoms with E-state index in [9.17, 15) is 10.2 Å². The molecule has 0 aliphatic carbocycles. The standard InChI is InChI=1S/C12H17NO3.ClH/c13-12(8-3-5-16-6-4-8)9-1-2-10(14)11(15)7-9;/h1-2,7-8,12,14-15H,3-6,13H2;1H/t12-;/m1./s1. The molecule has 4 nitrogen and oxygen atoms in total. The van der Waals surface area contributed by atoms with Crippen molar-refractivity contribution in [1.29, 1.82) is 0 Å². The summed E-state index contributed by atoms with van der Waals surface area (Å²) in [4.78, 5) is 0. The van der Waals surface area contributed by atoms with Gasteiger partial charge in [0.2, 0.25) is 0 Å². The van der Waals surface area contributed by atoms with Gasteiger partial charge in [-0.25, -0.2) is 0 Å². The monoisotopic (exact) mass is 259 g/mol. The second-order valence-corrected chi connectivity index (χ2v) is 4.22. The van der Waals surface area contributed by atoms with Crippen LogP contribution in [-0.2, 0) is 4.74 Å². The van der Waals surface area contributed by atoms with Crippen LogP contribution in [0.1, 0.15) is 24.4 Å². The fraction of sp³-hybridized carbons (Fsp3) is 0.500. The lowest BCUT2D eigenvalue weighted by Crippen LogP contribution is -2.27. The topological polar surface area (TPSA) is 75.7 Å². The fourth-order valence-electron chi connectivity index (χ4n) is 2.09. The third kappa shape index (κ3) is 3.25. The fourth-order valence-corrected chi connectivity index (χ4v) is 2.09. The van der Waals surface area contributed by atoms with E-state index in [-0.39, 0.29) is 29.9 Å². The third-order valence-electron chi connectivity index (χ3n) is 3.16. The van der Waals surface area contributed by atoms with Gasteiger partial charge in [-0.1, -0.05) is 6.07 Å². The van der Waals surface area contributed by atoms with Gasteiger partial charge < -0.3 is 20.7 Å². The molecule has 0 unspecified atom stereocenters. The minimum atomic E-state index is -0.111. The molecule has 0 saturated carbocycles. The Morgan fingerprint density at radius 3 is 2.41 bits per heavy atom. The molecule has 0 bridgehead atoms. The van der Waals surface area contributed by atoms with Crippen molar-refractivity contribution in [2.24, 2.45) is 11.7 Å². The van der Waals surface area contributed by atoms with E-state index >= 15 is 0 Å². The average Bonchev–Trinajstić information content (AvgIpc) is 2.33. The maximum Gasteiger partial charge on any atom is 0.157 e. The quantitative estimate of drug-likeness (QED) is 0.710. The van der Waals surface area contributed by atoms with Crippen LogP contribution < -0.4 is 5.73 Å². The molecule has 0 spiro atoms. The van der Waals surface area contributed by atoms with Gasteiger partial charge in [-0.2, -0.15) is 0 Å². The van der Waals surface area contributed by atoms with E-state index in [1.165, 1.54) is 12.1 Å². The van der Waals surface area contributed by atoms with E-state index in [1.54, 1.807) is 6.07 Å². The lowest BCUT2D eigenvalue weighted by molar-refractivity contribution is 0.0583. The Hall–Kier alpha value is -0.970. The van der Waals surface area contributed by atoms with E-state index in [0.29, 0.717) is 5.92 Å². The first-order valence-corrected chi connectivity index (χ1v) is 5.53. The summed E-state index contributed by atoms with van der Waals surface area (Å²) in [6.45, 7) is 1.50. The van der Waals surface area contributed by atoms with Gasteiger partial charge in [-0.3, -0.25) is 0 Å². The van der Waals surface area contributed by atoms with Crippen molar-refractivity contribution >= 4 is 12.4 Å². The summed E-state index contributed by atoms with van der Waals surface area (Å²) < 4.78 is 5.28. The van der Waals surface area contributed by atoms with Crippen molar-refractivity contribution in [3.05, 3.63) is 23.8 Å². The van der Waals surface area contributed by atoms with Crippen molar-refractivity contribution in [1.82, 2.24) is 0 Å². The molecule has 1 saturated heterocycles. The summed E-state index contributed by atoms with van der Waals surface area (Å²) in [6, 6.07) is 4.67. The molecule has 1 aromatic rings. The first-order valence-electron chi connectivity index (χ1n) is 5.53. The first kappa shape index (κ1) is 14.1. The predicted molar refractivity (Wildman–Crippen MR) is 67.5 cm³/mol. The van der Waals surface area contributed by atoms with Crippen LogP contribution >= 0.6 is 12.4 Å². The van der Waals surface area contributed by atoms with Gasteiger partial charge in [-0.15, -0.1) is 12.4 Å². The molecule has 5 heteroatoms. The molecule has 0 amide bonds. The second-order valence-electron chi connectivity index (χ2n) is 4.22. The summed E-state index contributed by atoms with van der Waals surface area (Å²) in [5, 5.41) is 18.6. The van der Waals surface area contributed by atoms with Gasteiger partial charge >= 0.3 is 0 Å². The number of rotatable bonds is 2. The molecule has 1 fully saturated rings. The van der Waals surface area contributed by atoms with E-state index < -0.39 is 0 Å². The lowest BCUT2D eigenvalue weighted by atomic mass is 9.88. The van der Waals surface area contributed by atoms with E-state index in [2.05, 4.69) is 0 Å². The Bertz CT molecular complexity index is 367. The first-order chi connectivity index (χ1) is 7.68. The molecule has 17 heavy (non-hydrogen) atoms. The summed E-state index contributed by atoms with van der Waals surface area (Å²) in [5.41, 5.74) is 7.00. The Kier molecular flexibility index (Phi) is 5.05. The van der Waals surface area contributed by atoms with Gasteiger partial charge in [0.25, 0.3) is 0 Å². The highest BCUT2D eigenvalue weighted by molar-refractivity contribution is 5.85. The highest BCUT2D eigenvalue weighted by Gasteiger charge is 2.22. The minimum Gasteiger partial charge on any atom is -0.504 e. The molecular weight excluding hydrogens is 242 g/mol. The molecule has 96 valence electrons. The Labute approximate surface area is 107 Å². The van der Waals surface area contributed by atoms with Gasteiger partial charge in [-0.05, 0) is 36.5 Å². The maximum absolute atomic E-state index is 9.42. The maximum atomic E-state index is 9.42. The molecule has 0 aromatic heterocycles. The van der Waals surface area contributed by atoms with Gasteiger partial charge in [0.05, 0.1) is 0 Å². The van der Waals surface area contributed by atoms with Crippen LogP contribution in [0.15, 0.2) is 18.2 Å². The molecule has 4 N–H and O–H groups in total. The van der Waals surface area contributed by atoms with Crippen molar-refractivity contribution in [3.8, 4) is 11.5 Å². The SMILES string of the molecule is Cl.N[C@@H](c1ccc(O)c(O)c1)C1CCOCC1. The molecule has 1 aliphatic rings. The Morgan fingerprint density at radius 1 is 1.18 bits per heavy atom. The van der Waals surface area contributed by atoms with Crippen molar-refractivity contribution in [2.45, 2.75) is 18.9 Å². The summed E-state index contributed by atoms with van der Waals surface area (Å²) in [5.74, 6) is 0.167. The van der Waals surface area contributed by atoms with Gasteiger partial charge in [0.1, 0.15) is 0 Å². The van der Waals surface area contributed by atoms with Crippen molar-refractivity contribution in [3.63, 3.8) is 0 Å². The number of nitrogens with two attached hydrogens (primary N) is 1. The van der Waals surface area contributed by atoms with Crippen LogP contribution in [0, 0.1) is 5.92 Å². The number of benzene rings is 1. The zero-order valence-corrected chi connectivity index (χ0v) is 10.3. The van der Waals surface area contributed by atoms with Crippen LogP contribution in [0.2, 0.25) is 0 Å².